The number of anilines is 1. The largest absolute Gasteiger partial charge is 0.359 e. The fourth-order valence-corrected chi connectivity index (χ4v) is 4.38. The van der Waals surface area contributed by atoms with Gasteiger partial charge in [0.1, 0.15) is 5.82 Å². The average Bonchev–Trinajstić information content (AvgIpc) is 3.32. The molecule has 2 aliphatic rings. The van der Waals surface area contributed by atoms with E-state index in [1.54, 1.807) is 11.3 Å². The van der Waals surface area contributed by atoms with Crippen LogP contribution in [0.4, 0.5) is 10.1 Å². The fraction of sp³-hybridized carbons (Fsp3) is 0.150. The van der Waals surface area contributed by atoms with Crippen LogP contribution in [-0.4, -0.2) is 10.7 Å². The van der Waals surface area contributed by atoms with E-state index in [2.05, 4.69) is 52.1 Å². The van der Waals surface area contributed by atoms with Crippen LogP contribution in [0.1, 0.15) is 34.6 Å². The minimum absolute atomic E-state index is 0.0258. The molecule has 2 atom stereocenters. The van der Waals surface area contributed by atoms with E-state index in [1.165, 1.54) is 22.6 Å². The first-order valence-corrected chi connectivity index (χ1v) is 9.18. The van der Waals surface area contributed by atoms with Gasteiger partial charge in [0.25, 0.3) is 0 Å². The number of halogens is 1. The highest BCUT2D eigenvalue weighted by atomic mass is 32.1. The van der Waals surface area contributed by atoms with Crippen molar-refractivity contribution in [2.45, 2.75) is 18.6 Å². The molecule has 0 fully saturated rings. The SMILES string of the molecule is Fc1ccc(C2=NN3[C@@H](C2)c2ccccc2N[C@H]3c2cccs2)cc1. The number of nitrogens with zero attached hydrogens (tertiary/aromatic N) is 2. The second-order valence-corrected chi connectivity index (χ2v) is 7.28. The van der Waals surface area contributed by atoms with Gasteiger partial charge >= 0.3 is 0 Å². The molecule has 25 heavy (non-hydrogen) atoms. The lowest BCUT2D eigenvalue weighted by atomic mass is 9.95. The number of para-hydroxylation sites is 1. The van der Waals surface area contributed by atoms with Crippen LogP contribution in [0.3, 0.4) is 0 Å². The Morgan fingerprint density at radius 3 is 2.68 bits per heavy atom. The molecule has 0 radical (unpaired) electrons. The van der Waals surface area contributed by atoms with E-state index in [-0.39, 0.29) is 18.0 Å². The van der Waals surface area contributed by atoms with E-state index < -0.39 is 0 Å². The summed E-state index contributed by atoms with van der Waals surface area (Å²) in [5.74, 6) is -0.219. The van der Waals surface area contributed by atoms with Gasteiger partial charge in [-0.2, -0.15) is 5.10 Å². The molecule has 1 N–H and O–H groups in total. The lowest BCUT2D eigenvalue weighted by Gasteiger charge is -2.38. The maximum Gasteiger partial charge on any atom is 0.152 e. The number of hydrogen-bond donors (Lipinski definition) is 1. The van der Waals surface area contributed by atoms with Gasteiger partial charge in [0.05, 0.1) is 11.8 Å². The minimum Gasteiger partial charge on any atom is -0.359 e. The van der Waals surface area contributed by atoms with Crippen LogP contribution in [-0.2, 0) is 0 Å². The van der Waals surface area contributed by atoms with E-state index >= 15 is 0 Å². The van der Waals surface area contributed by atoms with Gasteiger partial charge in [0.15, 0.2) is 6.17 Å². The van der Waals surface area contributed by atoms with Crippen molar-refractivity contribution in [1.29, 1.82) is 0 Å². The normalized spacial score (nSPS) is 21.3. The first-order chi connectivity index (χ1) is 12.3. The van der Waals surface area contributed by atoms with Crippen molar-refractivity contribution in [2.75, 3.05) is 5.32 Å². The third kappa shape index (κ3) is 2.43. The second-order valence-electron chi connectivity index (χ2n) is 6.30. The highest BCUT2D eigenvalue weighted by Gasteiger charge is 2.39. The van der Waals surface area contributed by atoms with E-state index in [9.17, 15) is 4.39 Å². The smallest absolute Gasteiger partial charge is 0.152 e. The zero-order chi connectivity index (χ0) is 16.8. The molecule has 124 valence electrons. The van der Waals surface area contributed by atoms with Crippen molar-refractivity contribution in [3.05, 3.63) is 87.9 Å². The summed E-state index contributed by atoms with van der Waals surface area (Å²) < 4.78 is 13.3. The van der Waals surface area contributed by atoms with E-state index in [1.807, 2.05) is 12.1 Å². The fourth-order valence-electron chi connectivity index (χ4n) is 3.62. The number of hydrogen-bond acceptors (Lipinski definition) is 4. The molecule has 2 aliphatic heterocycles. The lowest BCUT2D eigenvalue weighted by molar-refractivity contribution is 0.171. The zero-order valence-corrected chi connectivity index (χ0v) is 14.2. The van der Waals surface area contributed by atoms with Gasteiger partial charge in [0.2, 0.25) is 0 Å². The molecule has 3 heterocycles. The summed E-state index contributed by atoms with van der Waals surface area (Å²) >= 11 is 1.73. The summed E-state index contributed by atoms with van der Waals surface area (Å²) in [6.45, 7) is 0. The predicted molar refractivity (Wildman–Crippen MR) is 99.3 cm³/mol. The van der Waals surface area contributed by atoms with Crippen molar-refractivity contribution in [1.82, 2.24) is 5.01 Å². The van der Waals surface area contributed by atoms with Gasteiger partial charge in [-0.1, -0.05) is 36.4 Å². The topological polar surface area (TPSA) is 27.6 Å². The Bertz CT molecular complexity index is 934. The quantitative estimate of drug-likeness (QED) is 0.692. The van der Waals surface area contributed by atoms with Gasteiger partial charge < -0.3 is 5.32 Å². The van der Waals surface area contributed by atoms with Gasteiger partial charge in [0, 0.05) is 17.0 Å². The van der Waals surface area contributed by atoms with Crippen LogP contribution in [0.15, 0.2) is 71.1 Å². The maximum absolute atomic E-state index is 13.3. The minimum atomic E-state index is -0.219. The zero-order valence-electron chi connectivity index (χ0n) is 13.4. The molecule has 3 nitrogen and oxygen atoms in total. The highest BCUT2D eigenvalue weighted by Crippen LogP contribution is 2.46. The molecule has 1 aromatic heterocycles. The molecule has 0 saturated carbocycles. The first kappa shape index (κ1) is 14.7. The average molecular weight is 349 g/mol. The Labute approximate surface area is 149 Å². The molecule has 0 bridgehead atoms. The Kier molecular flexibility index (Phi) is 3.35. The van der Waals surface area contributed by atoms with Gasteiger partial charge in [-0.25, -0.2) is 4.39 Å². The number of benzene rings is 2. The van der Waals surface area contributed by atoms with Crippen LogP contribution in [0.2, 0.25) is 0 Å². The number of hydrazone groups is 1. The summed E-state index contributed by atoms with van der Waals surface area (Å²) in [6, 6.07) is 19.4. The van der Waals surface area contributed by atoms with Crippen molar-refractivity contribution >= 4 is 22.7 Å². The van der Waals surface area contributed by atoms with Gasteiger partial charge in [-0.3, -0.25) is 5.01 Å². The third-order valence-electron chi connectivity index (χ3n) is 4.81. The second kappa shape index (κ2) is 5.70. The summed E-state index contributed by atoms with van der Waals surface area (Å²) in [5, 5.41) is 12.8. The van der Waals surface area contributed by atoms with Crippen LogP contribution >= 0.6 is 11.3 Å². The van der Waals surface area contributed by atoms with Crippen LogP contribution < -0.4 is 5.32 Å². The third-order valence-corrected chi connectivity index (χ3v) is 5.73. The Morgan fingerprint density at radius 2 is 1.88 bits per heavy atom. The number of fused-ring (bicyclic) bond motifs is 3. The first-order valence-electron chi connectivity index (χ1n) is 8.30. The molecule has 5 rings (SSSR count). The van der Waals surface area contributed by atoms with Crippen LogP contribution in [0.5, 0.6) is 0 Å². The summed E-state index contributed by atoms with van der Waals surface area (Å²) in [5.41, 5.74) is 4.41. The molecule has 0 aliphatic carbocycles. The molecule has 0 saturated heterocycles. The Hall–Kier alpha value is -2.66. The van der Waals surface area contributed by atoms with Crippen LogP contribution in [0.25, 0.3) is 0 Å². The molecule has 3 aromatic rings. The standard InChI is InChI=1S/C20H16FN3S/c21-14-9-7-13(8-10-14)17-12-18-15-4-1-2-5-16(15)22-20(24(18)23-17)19-6-3-11-25-19/h1-11,18,20,22H,12H2/t18-,20+/m0/s1. The Morgan fingerprint density at radius 1 is 1.04 bits per heavy atom. The summed E-state index contributed by atoms with van der Waals surface area (Å²) in [6.07, 6.45) is 0.851. The lowest BCUT2D eigenvalue weighted by Crippen LogP contribution is -2.34. The number of rotatable bonds is 2. The number of nitrogens with one attached hydrogen (secondary N) is 1. The molecular formula is C20H16FN3S. The predicted octanol–water partition coefficient (Wildman–Crippen LogP) is 5.16. The highest BCUT2D eigenvalue weighted by molar-refractivity contribution is 7.10. The van der Waals surface area contributed by atoms with E-state index in [4.69, 9.17) is 5.10 Å². The molecule has 0 unspecified atom stereocenters. The monoisotopic (exact) mass is 349 g/mol. The summed E-state index contributed by atoms with van der Waals surface area (Å²) in [7, 11) is 0. The summed E-state index contributed by atoms with van der Waals surface area (Å²) in [4.78, 5) is 1.24. The van der Waals surface area contributed by atoms with Gasteiger partial charge in [-0.15, -0.1) is 11.3 Å². The van der Waals surface area contributed by atoms with Crippen LogP contribution in [0, 0.1) is 5.82 Å². The molecular weight excluding hydrogens is 333 g/mol. The molecule has 0 amide bonds. The van der Waals surface area contributed by atoms with E-state index in [0.717, 1.165) is 23.4 Å². The van der Waals surface area contributed by atoms with Crippen molar-refractivity contribution in [2.24, 2.45) is 5.10 Å². The van der Waals surface area contributed by atoms with E-state index in [0.29, 0.717) is 0 Å². The van der Waals surface area contributed by atoms with Crippen molar-refractivity contribution in [3.63, 3.8) is 0 Å². The molecule has 0 spiro atoms. The molecule has 2 aromatic carbocycles. The van der Waals surface area contributed by atoms with Crippen molar-refractivity contribution in [3.8, 4) is 0 Å². The number of thiophene rings is 1. The van der Waals surface area contributed by atoms with Gasteiger partial charge in [-0.05, 0) is 40.8 Å². The Balaban J connectivity index is 1.59. The molecule has 5 heteroatoms. The maximum atomic E-state index is 13.3. The van der Waals surface area contributed by atoms with Crippen molar-refractivity contribution < 1.29 is 4.39 Å².